The molecule has 3 amide bonds. The SMILES string of the molecule is CC(C)CN(C[C@@H](O)[C@H](Cc1ccccc1)NC(=O)OC1CO[C@H]2OCC[C@@H]12)S(=O)(=O)c1ccc2onc(NC(N)=O)c2c1. The third kappa shape index (κ3) is 7.30. The van der Waals surface area contributed by atoms with Crippen LogP contribution >= 0.6 is 0 Å². The van der Waals surface area contributed by atoms with Crippen molar-refractivity contribution >= 4 is 38.9 Å². The molecule has 0 radical (unpaired) electrons. The predicted octanol–water partition coefficient (Wildman–Crippen LogP) is 2.42. The van der Waals surface area contributed by atoms with Crippen LogP contribution < -0.4 is 16.4 Å². The summed E-state index contributed by atoms with van der Waals surface area (Å²) in [6, 6.07) is 11.6. The molecular weight excluding hydrogens is 594 g/mol. The van der Waals surface area contributed by atoms with Crippen LogP contribution in [0.2, 0.25) is 0 Å². The maximum absolute atomic E-state index is 14.0. The minimum absolute atomic E-state index is 0.0196. The van der Waals surface area contributed by atoms with Crippen LogP contribution in [0.3, 0.4) is 0 Å². The second-order valence-corrected chi connectivity index (χ2v) is 13.3. The van der Waals surface area contributed by atoms with Gasteiger partial charge >= 0.3 is 12.1 Å². The number of anilines is 1. The number of aromatic nitrogens is 1. The van der Waals surface area contributed by atoms with E-state index in [0.717, 1.165) is 5.56 Å². The van der Waals surface area contributed by atoms with Crippen LogP contribution in [0.25, 0.3) is 11.0 Å². The van der Waals surface area contributed by atoms with Gasteiger partial charge in [-0.1, -0.05) is 49.3 Å². The van der Waals surface area contributed by atoms with Crippen molar-refractivity contribution in [3.63, 3.8) is 0 Å². The van der Waals surface area contributed by atoms with Gasteiger partial charge in [-0.2, -0.15) is 4.31 Å². The first-order valence-electron chi connectivity index (χ1n) is 14.4. The Hall–Kier alpha value is -3.76. The van der Waals surface area contributed by atoms with Gasteiger partial charge in [0.1, 0.15) is 6.10 Å². The number of nitrogens with one attached hydrogen (secondary N) is 2. The lowest BCUT2D eigenvalue weighted by Crippen LogP contribution is -2.51. The Morgan fingerprint density at radius 3 is 2.66 bits per heavy atom. The van der Waals surface area contributed by atoms with Crippen molar-refractivity contribution in [2.75, 3.05) is 31.6 Å². The average Bonchev–Trinajstić information content (AvgIpc) is 3.70. The maximum atomic E-state index is 14.0. The van der Waals surface area contributed by atoms with E-state index < -0.39 is 46.7 Å². The third-order valence-corrected chi connectivity index (χ3v) is 9.42. The molecule has 0 spiro atoms. The van der Waals surface area contributed by atoms with Crippen molar-refractivity contribution < 1.29 is 41.8 Å². The van der Waals surface area contributed by atoms with Gasteiger partial charge in [-0.15, -0.1) is 0 Å². The molecule has 0 saturated carbocycles. The fourth-order valence-corrected chi connectivity index (χ4v) is 7.12. The summed E-state index contributed by atoms with van der Waals surface area (Å²) < 4.78 is 51.0. The van der Waals surface area contributed by atoms with E-state index in [2.05, 4.69) is 15.8 Å². The summed E-state index contributed by atoms with van der Waals surface area (Å²) >= 11 is 0. The molecule has 5 atom stereocenters. The Morgan fingerprint density at radius 1 is 1.16 bits per heavy atom. The number of nitrogens with two attached hydrogens (primary N) is 1. The van der Waals surface area contributed by atoms with E-state index in [9.17, 15) is 23.1 Å². The smallest absolute Gasteiger partial charge is 0.407 e. The zero-order chi connectivity index (χ0) is 31.4. The number of fused-ring (bicyclic) bond motifs is 2. The Labute approximate surface area is 254 Å². The Morgan fingerprint density at radius 2 is 1.93 bits per heavy atom. The molecule has 2 saturated heterocycles. The summed E-state index contributed by atoms with van der Waals surface area (Å²) in [6.45, 7) is 4.21. The standard InChI is InChI=1S/C29H37N5O9S/c1-17(2)14-34(44(38,39)19-8-9-24-21(13-19)26(33-43-24)32-28(30)36)15-23(35)22(12-18-6-4-3-5-7-18)31-29(37)42-25-16-41-27-20(25)10-11-40-27/h3-9,13,17,20,22-23,25,27,35H,10-12,14-16H2,1-2H3,(H,31,37)(H3,30,32,33,36)/t20-,22-,23+,25?,27+/m0/s1. The fourth-order valence-electron chi connectivity index (χ4n) is 5.47. The number of sulfonamides is 1. The van der Waals surface area contributed by atoms with E-state index in [1.54, 1.807) is 0 Å². The number of aliphatic hydroxyl groups excluding tert-OH is 1. The number of primary amides is 1. The van der Waals surface area contributed by atoms with Crippen LogP contribution in [-0.4, -0.2) is 86.0 Å². The van der Waals surface area contributed by atoms with E-state index in [1.165, 1.54) is 22.5 Å². The number of carbonyl (C=O) groups is 2. The number of nitrogens with zero attached hydrogens (tertiary/aromatic N) is 2. The van der Waals surface area contributed by atoms with Crippen LogP contribution in [0.5, 0.6) is 0 Å². The first-order valence-corrected chi connectivity index (χ1v) is 15.8. The molecule has 1 unspecified atom stereocenters. The minimum Gasteiger partial charge on any atom is -0.443 e. The Balaban J connectivity index is 1.37. The number of ether oxygens (including phenoxy) is 3. The van der Waals surface area contributed by atoms with Gasteiger partial charge in [0.25, 0.3) is 0 Å². The number of amides is 3. The maximum Gasteiger partial charge on any atom is 0.407 e. The molecular formula is C29H37N5O9S. The molecule has 0 bridgehead atoms. The van der Waals surface area contributed by atoms with Crippen LogP contribution in [0.1, 0.15) is 25.8 Å². The van der Waals surface area contributed by atoms with Crippen molar-refractivity contribution in [2.24, 2.45) is 17.6 Å². The molecule has 5 N–H and O–H groups in total. The van der Waals surface area contributed by atoms with Gasteiger partial charge in [0.2, 0.25) is 10.0 Å². The molecule has 44 heavy (non-hydrogen) atoms. The highest BCUT2D eigenvalue weighted by atomic mass is 32.2. The highest BCUT2D eigenvalue weighted by Crippen LogP contribution is 2.33. The summed E-state index contributed by atoms with van der Waals surface area (Å²) in [6.07, 6.45) is -2.01. The summed E-state index contributed by atoms with van der Waals surface area (Å²) in [5.41, 5.74) is 6.28. The van der Waals surface area contributed by atoms with Gasteiger partial charge in [0.05, 0.1) is 41.6 Å². The number of hydrogen-bond acceptors (Lipinski definition) is 10. The summed E-state index contributed by atoms with van der Waals surface area (Å²) in [5, 5.41) is 20.6. The molecule has 5 rings (SSSR count). The monoisotopic (exact) mass is 631 g/mol. The van der Waals surface area contributed by atoms with E-state index in [4.69, 9.17) is 24.5 Å². The van der Waals surface area contributed by atoms with E-state index in [-0.39, 0.29) is 59.6 Å². The van der Waals surface area contributed by atoms with Gasteiger partial charge in [-0.25, -0.2) is 18.0 Å². The quantitative estimate of drug-likeness (QED) is 0.230. The van der Waals surface area contributed by atoms with Crippen molar-refractivity contribution in [3.05, 3.63) is 54.1 Å². The van der Waals surface area contributed by atoms with Gasteiger partial charge in [-0.3, -0.25) is 5.32 Å². The molecule has 14 nitrogen and oxygen atoms in total. The number of rotatable bonds is 12. The number of aliphatic hydroxyl groups is 1. The van der Waals surface area contributed by atoms with Crippen LogP contribution in [0.4, 0.5) is 15.4 Å². The molecule has 2 aromatic carbocycles. The van der Waals surface area contributed by atoms with Crippen molar-refractivity contribution in [3.8, 4) is 0 Å². The molecule has 3 aromatic rings. The number of hydrogen-bond donors (Lipinski definition) is 4. The van der Waals surface area contributed by atoms with E-state index >= 15 is 0 Å². The lowest BCUT2D eigenvalue weighted by atomic mass is 10.0. The van der Waals surface area contributed by atoms with Gasteiger partial charge in [-0.05, 0) is 42.5 Å². The molecule has 15 heteroatoms. The van der Waals surface area contributed by atoms with Gasteiger partial charge in [0.15, 0.2) is 17.7 Å². The van der Waals surface area contributed by atoms with Crippen LogP contribution in [0, 0.1) is 11.8 Å². The number of urea groups is 1. The molecule has 2 aliphatic heterocycles. The molecule has 0 aliphatic carbocycles. The zero-order valence-electron chi connectivity index (χ0n) is 24.4. The lowest BCUT2D eigenvalue weighted by molar-refractivity contribution is -0.0907. The third-order valence-electron chi connectivity index (χ3n) is 7.59. The Bertz CT molecular complexity index is 1570. The predicted molar refractivity (Wildman–Crippen MR) is 158 cm³/mol. The summed E-state index contributed by atoms with van der Waals surface area (Å²) in [5.74, 6) is -0.182. The summed E-state index contributed by atoms with van der Waals surface area (Å²) in [7, 11) is -4.18. The summed E-state index contributed by atoms with van der Waals surface area (Å²) in [4.78, 5) is 24.3. The molecule has 1 aromatic heterocycles. The molecule has 2 aliphatic rings. The van der Waals surface area contributed by atoms with Crippen molar-refractivity contribution in [1.29, 1.82) is 0 Å². The number of alkyl carbamates (subject to hydrolysis) is 1. The largest absolute Gasteiger partial charge is 0.443 e. The molecule has 3 heterocycles. The second kappa shape index (κ2) is 13.5. The first kappa shape index (κ1) is 31.7. The zero-order valence-corrected chi connectivity index (χ0v) is 25.2. The first-order chi connectivity index (χ1) is 21.0. The molecule has 2 fully saturated rings. The number of carbonyl (C=O) groups excluding carboxylic acids is 2. The lowest BCUT2D eigenvalue weighted by Gasteiger charge is -2.31. The Kier molecular flexibility index (Phi) is 9.70. The highest BCUT2D eigenvalue weighted by Gasteiger charge is 2.44. The van der Waals surface area contributed by atoms with Gasteiger partial charge < -0.3 is 34.9 Å². The molecule has 238 valence electrons. The van der Waals surface area contributed by atoms with Crippen LogP contribution in [-0.2, 0) is 30.7 Å². The minimum atomic E-state index is -4.18. The van der Waals surface area contributed by atoms with Crippen LogP contribution in [0.15, 0.2) is 57.9 Å². The van der Waals surface area contributed by atoms with E-state index in [0.29, 0.717) is 13.0 Å². The second-order valence-electron chi connectivity index (χ2n) is 11.4. The fraction of sp³-hybridized carbons (Fsp3) is 0.483. The highest BCUT2D eigenvalue weighted by molar-refractivity contribution is 7.89. The average molecular weight is 632 g/mol. The topological polar surface area (TPSA) is 196 Å². The van der Waals surface area contributed by atoms with E-state index in [1.807, 2.05) is 44.2 Å². The van der Waals surface area contributed by atoms with Crippen molar-refractivity contribution in [1.82, 2.24) is 14.8 Å². The number of benzene rings is 2. The van der Waals surface area contributed by atoms with Crippen molar-refractivity contribution in [2.45, 2.75) is 56.1 Å². The van der Waals surface area contributed by atoms with Gasteiger partial charge in [0, 0.05) is 13.1 Å². The normalized spacial score (nSPS) is 21.3.